The molecule has 1 aromatic carbocycles. The van der Waals surface area contributed by atoms with Gasteiger partial charge in [0, 0.05) is 12.1 Å². The number of aromatic amines is 1. The van der Waals surface area contributed by atoms with Crippen molar-refractivity contribution in [1.82, 2.24) is 25.5 Å². The summed E-state index contributed by atoms with van der Waals surface area (Å²) in [5.74, 6) is 0. The molecule has 1 saturated heterocycles. The van der Waals surface area contributed by atoms with Crippen LogP contribution in [-0.4, -0.2) is 50.5 Å². The first kappa shape index (κ1) is 15.5. The molecule has 3 amide bonds. The summed E-state index contributed by atoms with van der Waals surface area (Å²) in [4.78, 5) is 31.0. The van der Waals surface area contributed by atoms with Gasteiger partial charge in [0.15, 0.2) is 0 Å². The molecule has 2 aliphatic heterocycles. The van der Waals surface area contributed by atoms with Gasteiger partial charge >= 0.3 is 12.1 Å². The van der Waals surface area contributed by atoms with Gasteiger partial charge in [-0.2, -0.15) is 10.2 Å². The second-order valence-electron chi connectivity index (χ2n) is 5.98. The maximum atomic E-state index is 12.7. The standard InChI is InChI=1S/C16H17N5O4/c22-15(23)17-7-12-14-11(6-18-19-14)13-8-20(12)16(24)21(13)25-9-10-4-2-1-3-5-10/h1-6,12-13,17H,7-9H2,(H,18,19)(H,22,23). The predicted octanol–water partition coefficient (Wildman–Crippen LogP) is 1.64. The largest absolute Gasteiger partial charge is 0.465 e. The van der Waals surface area contributed by atoms with Crippen LogP contribution in [0.25, 0.3) is 0 Å². The molecule has 0 radical (unpaired) electrons. The van der Waals surface area contributed by atoms with Gasteiger partial charge < -0.3 is 15.3 Å². The highest BCUT2D eigenvalue weighted by Gasteiger charge is 2.49. The number of nitrogens with one attached hydrogen (secondary N) is 2. The van der Waals surface area contributed by atoms with E-state index in [2.05, 4.69) is 15.5 Å². The highest BCUT2D eigenvalue weighted by molar-refractivity contribution is 5.78. The first-order chi connectivity index (χ1) is 12.1. The van der Waals surface area contributed by atoms with Crippen LogP contribution in [0.3, 0.4) is 0 Å². The molecule has 2 unspecified atom stereocenters. The Hall–Kier alpha value is -3.07. The lowest BCUT2D eigenvalue weighted by molar-refractivity contribution is -0.141. The van der Waals surface area contributed by atoms with Gasteiger partial charge in [-0.15, -0.1) is 0 Å². The molecular formula is C16H17N5O4. The summed E-state index contributed by atoms with van der Waals surface area (Å²) in [6.07, 6.45) is 0.537. The Balaban J connectivity index is 1.55. The molecule has 2 atom stereocenters. The summed E-state index contributed by atoms with van der Waals surface area (Å²) < 4.78 is 0. The molecule has 0 saturated carbocycles. The van der Waals surface area contributed by atoms with Crippen LogP contribution in [0.15, 0.2) is 36.5 Å². The quantitative estimate of drug-likeness (QED) is 0.764. The van der Waals surface area contributed by atoms with Crippen LogP contribution in [0.5, 0.6) is 0 Å². The Bertz CT molecular complexity index is 793. The Kier molecular flexibility index (Phi) is 3.77. The van der Waals surface area contributed by atoms with Gasteiger partial charge in [-0.25, -0.2) is 9.59 Å². The van der Waals surface area contributed by atoms with Crippen molar-refractivity contribution in [3.05, 3.63) is 53.3 Å². The minimum absolute atomic E-state index is 0.0928. The van der Waals surface area contributed by atoms with Gasteiger partial charge in [0.05, 0.1) is 24.5 Å². The number of fused-ring (bicyclic) bond motifs is 4. The van der Waals surface area contributed by atoms with Crippen molar-refractivity contribution >= 4 is 12.1 Å². The molecule has 2 aliphatic rings. The molecule has 2 bridgehead atoms. The summed E-state index contributed by atoms with van der Waals surface area (Å²) in [7, 11) is 0. The smallest absolute Gasteiger partial charge is 0.404 e. The van der Waals surface area contributed by atoms with E-state index in [0.717, 1.165) is 16.8 Å². The minimum Gasteiger partial charge on any atom is -0.465 e. The second-order valence-corrected chi connectivity index (χ2v) is 5.98. The molecule has 9 nitrogen and oxygen atoms in total. The van der Waals surface area contributed by atoms with E-state index in [1.807, 2.05) is 30.3 Å². The Morgan fingerprint density at radius 2 is 2.20 bits per heavy atom. The van der Waals surface area contributed by atoms with Crippen LogP contribution in [0.4, 0.5) is 9.59 Å². The number of rotatable bonds is 5. The number of hydroxylamine groups is 2. The number of carbonyl (C=O) groups excluding carboxylic acids is 1. The molecule has 3 heterocycles. The van der Waals surface area contributed by atoms with E-state index in [0.29, 0.717) is 6.54 Å². The van der Waals surface area contributed by atoms with E-state index in [1.54, 1.807) is 11.1 Å². The van der Waals surface area contributed by atoms with Crippen LogP contribution in [-0.2, 0) is 11.4 Å². The summed E-state index contributed by atoms with van der Waals surface area (Å²) in [6, 6.07) is 8.63. The summed E-state index contributed by atoms with van der Waals surface area (Å²) in [5.41, 5.74) is 2.56. The van der Waals surface area contributed by atoms with Crippen molar-refractivity contribution < 1.29 is 19.5 Å². The molecule has 130 valence electrons. The molecule has 9 heteroatoms. The van der Waals surface area contributed by atoms with Crippen LogP contribution in [0.2, 0.25) is 0 Å². The lowest BCUT2D eigenvalue weighted by atomic mass is 9.98. The zero-order chi connectivity index (χ0) is 17.4. The zero-order valence-corrected chi connectivity index (χ0v) is 13.3. The topological polar surface area (TPSA) is 111 Å². The highest BCUT2D eigenvalue weighted by Crippen LogP contribution is 2.42. The fourth-order valence-corrected chi connectivity index (χ4v) is 3.34. The predicted molar refractivity (Wildman–Crippen MR) is 85.3 cm³/mol. The van der Waals surface area contributed by atoms with Crippen LogP contribution < -0.4 is 5.32 Å². The highest BCUT2D eigenvalue weighted by atomic mass is 16.7. The van der Waals surface area contributed by atoms with Gasteiger partial charge in [0.25, 0.3) is 0 Å². The number of carboxylic acid groups (broad SMARTS) is 1. The van der Waals surface area contributed by atoms with Gasteiger partial charge in [-0.3, -0.25) is 9.94 Å². The number of carbonyl (C=O) groups is 2. The molecule has 1 aromatic heterocycles. The van der Waals surface area contributed by atoms with E-state index < -0.39 is 12.1 Å². The van der Waals surface area contributed by atoms with E-state index in [9.17, 15) is 9.59 Å². The SMILES string of the molecule is O=C(O)NCC1c2[nH]ncc2C2CN1C(=O)N2OCc1ccccc1. The van der Waals surface area contributed by atoms with E-state index in [-0.39, 0.29) is 25.2 Å². The average molecular weight is 343 g/mol. The molecule has 25 heavy (non-hydrogen) atoms. The van der Waals surface area contributed by atoms with E-state index in [1.165, 1.54) is 5.06 Å². The number of nitrogens with zero attached hydrogens (tertiary/aromatic N) is 3. The molecule has 0 aliphatic carbocycles. The van der Waals surface area contributed by atoms with Crippen LogP contribution in [0, 0.1) is 0 Å². The Labute approximate surface area is 143 Å². The lowest BCUT2D eigenvalue weighted by Crippen LogP contribution is -2.41. The lowest BCUT2D eigenvalue weighted by Gasteiger charge is -2.29. The van der Waals surface area contributed by atoms with Crippen molar-refractivity contribution in [2.24, 2.45) is 0 Å². The molecular weight excluding hydrogens is 326 g/mol. The number of hydrogen-bond donors (Lipinski definition) is 3. The number of H-pyrrole nitrogens is 1. The molecule has 4 rings (SSSR count). The van der Waals surface area contributed by atoms with Crippen LogP contribution >= 0.6 is 0 Å². The third-order valence-corrected chi connectivity index (χ3v) is 4.51. The molecule has 1 fully saturated rings. The average Bonchev–Trinajstić information content (AvgIpc) is 3.19. The molecule has 2 aromatic rings. The first-order valence-corrected chi connectivity index (χ1v) is 7.92. The third kappa shape index (κ3) is 2.68. The molecule has 0 spiro atoms. The van der Waals surface area contributed by atoms with Gasteiger partial charge in [-0.05, 0) is 5.56 Å². The number of aromatic nitrogens is 2. The van der Waals surface area contributed by atoms with Crippen molar-refractivity contribution in [1.29, 1.82) is 0 Å². The van der Waals surface area contributed by atoms with Crippen molar-refractivity contribution in [3.8, 4) is 0 Å². The minimum atomic E-state index is -1.13. The number of hydrogen-bond acceptors (Lipinski definition) is 4. The summed E-state index contributed by atoms with van der Waals surface area (Å²) >= 11 is 0. The fourth-order valence-electron chi connectivity index (χ4n) is 3.34. The van der Waals surface area contributed by atoms with Crippen LogP contribution in [0.1, 0.15) is 28.9 Å². The van der Waals surface area contributed by atoms with Gasteiger partial charge in [0.1, 0.15) is 12.6 Å². The summed E-state index contributed by atoms with van der Waals surface area (Å²) in [5, 5.41) is 19.5. The third-order valence-electron chi connectivity index (χ3n) is 4.51. The Morgan fingerprint density at radius 3 is 2.96 bits per heavy atom. The van der Waals surface area contributed by atoms with Crippen molar-refractivity contribution in [2.45, 2.75) is 18.7 Å². The number of benzene rings is 1. The normalized spacial score (nSPS) is 21.4. The van der Waals surface area contributed by atoms with Crippen molar-refractivity contribution in [3.63, 3.8) is 0 Å². The monoisotopic (exact) mass is 343 g/mol. The number of urea groups is 1. The maximum Gasteiger partial charge on any atom is 0.404 e. The second kappa shape index (κ2) is 6.10. The maximum absolute atomic E-state index is 12.7. The fraction of sp³-hybridized carbons (Fsp3) is 0.312. The van der Waals surface area contributed by atoms with Crippen molar-refractivity contribution in [2.75, 3.05) is 13.1 Å². The zero-order valence-electron chi connectivity index (χ0n) is 13.3. The van der Waals surface area contributed by atoms with E-state index in [4.69, 9.17) is 9.94 Å². The van der Waals surface area contributed by atoms with E-state index >= 15 is 0 Å². The Morgan fingerprint density at radius 1 is 1.40 bits per heavy atom. The molecule has 3 N–H and O–H groups in total. The summed E-state index contributed by atoms with van der Waals surface area (Å²) in [6.45, 7) is 0.809. The number of amides is 3. The first-order valence-electron chi connectivity index (χ1n) is 7.92. The van der Waals surface area contributed by atoms with Gasteiger partial charge in [0.2, 0.25) is 0 Å². The van der Waals surface area contributed by atoms with Gasteiger partial charge in [-0.1, -0.05) is 30.3 Å².